The number of likely N-dealkylation sites (tertiary alicyclic amines) is 1. The topological polar surface area (TPSA) is 96.5 Å². The first-order chi connectivity index (χ1) is 23.0. The number of amides is 1. The summed E-state index contributed by atoms with van der Waals surface area (Å²) < 4.78 is 45.5. The average molecular weight is 655 g/mol. The highest BCUT2D eigenvalue weighted by Gasteiger charge is 2.37. The van der Waals surface area contributed by atoms with Crippen molar-refractivity contribution in [3.63, 3.8) is 0 Å². The van der Waals surface area contributed by atoms with Crippen LogP contribution in [0.3, 0.4) is 0 Å². The number of carbonyl (C=O) groups excluding carboxylic acids is 1. The van der Waals surface area contributed by atoms with Gasteiger partial charge in [-0.05, 0) is 105 Å². The number of nitrogens with zero attached hydrogens (tertiary/aromatic N) is 4. The Labute approximate surface area is 276 Å². The van der Waals surface area contributed by atoms with Crippen LogP contribution >= 0.6 is 0 Å². The van der Waals surface area contributed by atoms with E-state index in [4.69, 9.17) is 5.73 Å². The molecule has 0 bridgehead atoms. The first-order valence-corrected chi connectivity index (χ1v) is 16.3. The standard InChI is InChI=1S/C37H37F3N6O2/c1-44-16-14-28(15-17-44)43-36(48)24-12-18-45(19-13-24)33-10-8-29(21-31(33)37(38,39)40)46-34(47)11-5-26-22-42-32-9-4-25(20-30(32)35(26)46)23-2-6-27(41)7-3-23/h2-11,20-22,24,28H,12-19,41H2,1H3,(H,43,48). The Bertz CT molecular complexity index is 2040. The van der Waals surface area contributed by atoms with E-state index in [0.717, 1.165) is 43.1 Å². The highest BCUT2D eigenvalue weighted by atomic mass is 19.4. The maximum atomic E-state index is 14.7. The molecule has 0 radical (unpaired) electrons. The summed E-state index contributed by atoms with van der Waals surface area (Å²) in [6.45, 7) is 2.52. The molecule has 0 atom stereocenters. The van der Waals surface area contributed by atoms with Crippen LogP contribution in [0.2, 0.25) is 0 Å². The minimum Gasteiger partial charge on any atom is -0.399 e. The second kappa shape index (κ2) is 12.6. The van der Waals surface area contributed by atoms with Gasteiger partial charge in [-0.25, -0.2) is 0 Å². The molecule has 2 fully saturated rings. The van der Waals surface area contributed by atoms with E-state index < -0.39 is 17.3 Å². The Hall–Kier alpha value is -4.90. The highest BCUT2D eigenvalue weighted by molar-refractivity contribution is 6.05. The molecular weight excluding hydrogens is 617 g/mol. The van der Waals surface area contributed by atoms with Gasteiger partial charge in [0.15, 0.2) is 0 Å². The van der Waals surface area contributed by atoms with E-state index in [9.17, 15) is 22.8 Å². The quantitative estimate of drug-likeness (QED) is 0.172. The molecule has 7 rings (SSSR count). The fraction of sp³-hybridized carbons (Fsp3) is 0.324. The number of aromatic nitrogens is 2. The molecule has 1 amide bonds. The van der Waals surface area contributed by atoms with E-state index in [2.05, 4.69) is 22.2 Å². The largest absolute Gasteiger partial charge is 0.418 e. The SMILES string of the molecule is CN1CCC(NC(=O)C2CCN(c3ccc(-n4c(=O)ccc5cnc6ccc(-c7ccc(N)cc7)cc6c54)cc3C(F)(F)F)CC2)CC1. The molecule has 0 saturated carbocycles. The van der Waals surface area contributed by atoms with Crippen LogP contribution in [-0.4, -0.2) is 59.6 Å². The lowest BCUT2D eigenvalue weighted by Gasteiger charge is -2.36. The number of halogens is 3. The summed E-state index contributed by atoms with van der Waals surface area (Å²) in [6.07, 6.45) is -0.307. The molecule has 5 aromatic rings. The number of benzene rings is 3. The molecule has 2 saturated heterocycles. The predicted molar refractivity (Wildman–Crippen MR) is 183 cm³/mol. The molecule has 11 heteroatoms. The Morgan fingerprint density at radius 2 is 1.58 bits per heavy atom. The minimum atomic E-state index is -4.67. The summed E-state index contributed by atoms with van der Waals surface area (Å²) in [7, 11) is 2.06. The van der Waals surface area contributed by atoms with Gasteiger partial charge < -0.3 is 20.9 Å². The van der Waals surface area contributed by atoms with Crippen molar-refractivity contribution in [2.75, 3.05) is 43.9 Å². The lowest BCUT2D eigenvalue weighted by atomic mass is 9.94. The third kappa shape index (κ3) is 6.22. The van der Waals surface area contributed by atoms with E-state index in [1.54, 1.807) is 35.4 Å². The molecule has 48 heavy (non-hydrogen) atoms. The van der Waals surface area contributed by atoms with Crippen LogP contribution in [0.25, 0.3) is 38.6 Å². The van der Waals surface area contributed by atoms with Crippen LogP contribution in [0.1, 0.15) is 31.2 Å². The fourth-order valence-corrected chi connectivity index (χ4v) is 7.04. The third-order valence-electron chi connectivity index (χ3n) is 9.78. The fourth-order valence-electron chi connectivity index (χ4n) is 7.04. The van der Waals surface area contributed by atoms with Crippen LogP contribution in [0.5, 0.6) is 0 Å². The number of pyridine rings is 2. The van der Waals surface area contributed by atoms with E-state index in [0.29, 0.717) is 53.4 Å². The first kappa shape index (κ1) is 31.7. The smallest absolute Gasteiger partial charge is 0.399 e. The number of rotatable bonds is 5. The van der Waals surface area contributed by atoms with Crippen molar-refractivity contribution in [3.05, 3.63) is 94.9 Å². The molecule has 3 N–H and O–H groups in total. The average Bonchev–Trinajstić information content (AvgIpc) is 3.09. The van der Waals surface area contributed by atoms with Gasteiger partial charge in [0.1, 0.15) is 0 Å². The van der Waals surface area contributed by atoms with Gasteiger partial charge in [-0.3, -0.25) is 19.1 Å². The van der Waals surface area contributed by atoms with Gasteiger partial charge in [-0.2, -0.15) is 13.2 Å². The Kier molecular flexibility index (Phi) is 8.32. The number of nitrogen functional groups attached to an aromatic ring is 1. The molecule has 2 aliphatic rings. The van der Waals surface area contributed by atoms with Crippen LogP contribution in [-0.2, 0) is 11.0 Å². The van der Waals surface area contributed by atoms with Crippen molar-refractivity contribution in [1.29, 1.82) is 0 Å². The van der Waals surface area contributed by atoms with Crippen molar-refractivity contribution in [3.8, 4) is 16.8 Å². The lowest BCUT2D eigenvalue weighted by molar-refractivity contribution is -0.137. The molecule has 2 aliphatic heterocycles. The summed E-state index contributed by atoms with van der Waals surface area (Å²) in [5.41, 5.74) is 8.23. The van der Waals surface area contributed by atoms with E-state index in [1.165, 1.54) is 16.7 Å². The Morgan fingerprint density at radius 1 is 0.875 bits per heavy atom. The second-order valence-electron chi connectivity index (χ2n) is 13.0. The summed E-state index contributed by atoms with van der Waals surface area (Å²) in [6, 6.07) is 20.2. The third-order valence-corrected chi connectivity index (χ3v) is 9.78. The van der Waals surface area contributed by atoms with Crippen molar-refractivity contribution in [1.82, 2.24) is 19.8 Å². The zero-order valence-electron chi connectivity index (χ0n) is 26.6. The normalized spacial score (nSPS) is 16.9. The van der Waals surface area contributed by atoms with E-state index >= 15 is 0 Å². The number of piperidine rings is 2. The lowest BCUT2D eigenvalue weighted by Crippen LogP contribution is -2.47. The number of carbonyl (C=O) groups is 1. The van der Waals surface area contributed by atoms with Crippen molar-refractivity contribution < 1.29 is 18.0 Å². The zero-order chi connectivity index (χ0) is 33.6. The van der Waals surface area contributed by atoms with Gasteiger partial charge in [-0.15, -0.1) is 0 Å². The molecular formula is C37H37F3N6O2. The van der Waals surface area contributed by atoms with E-state index in [1.807, 2.05) is 30.3 Å². The number of hydrogen-bond acceptors (Lipinski definition) is 6. The minimum absolute atomic E-state index is 0.00723. The Morgan fingerprint density at radius 3 is 2.29 bits per heavy atom. The number of hydrogen-bond donors (Lipinski definition) is 2. The maximum absolute atomic E-state index is 14.7. The molecule has 8 nitrogen and oxygen atoms in total. The molecule has 3 aromatic carbocycles. The van der Waals surface area contributed by atoms with Gasteiger partial charge in [0.05, 0.1) is 22.3 Å². The van der Waals surface area contributed by atoms with Crippen molar-refractivity contribution in [2.24, 2.45) is 5.92 Å². The molecule has 2 aromatic heterocycles. The zero-order valence-corrected chi connectivity index (χ0v) is 26.6. The maximum Gasteiger partial charge on any atom is 0.418 e. The first-order valence-electron chi connectivity index (χ1n) is 16.3. The molecule has 248 valence electrons. The van der Waals surface area contributed by atoms with Crippen LogP contribution < -0.4 is 21.5 Å². The summed E-state index contributed by atoms with van der Waals surface area (Å²) in [4.78, 5) is 35.0. The summed E-state index contributed by atoms with van der Waals surface area (Å²) in [5, 5.41) is 4.42. The number of alkyl halides is 3. The van der Waals surface area contributed by atoms with Gasteiger partial charge >= 0.3 is 6.18 Å². The van der Waals surface area contributed by atoms with Crippen molar-refractivity contribution >= 4 is 39.1 Å². The molecule has 4 heterocycles. The molecule has 0 spiro atoms. The summed E-state index contributed by atoms with van der Waals surface area (Å²) in [5.74, 6) is -0.240. The Balaban J connectivity index is 1.22. The number of anilines is 2. The predicted octanol–water partition coefficient (Wildman–Crippen LogP) is 6.23. The van der Waals surface area contributed by atoms with Gasteiger partial charge in [0.25, 0.3) is 5.56 Å². The molecule has 0 aliphatic carbocycles. The van der Waals surface area contributed by atoms with Crippen molar-refractivity contribution in [2.45, 2.75) is 37.9 Å². The number of fused-ring (bicyclic) bond motifs is 3. The highest BCUT2D eigenvalue weighted by Crippen LogP contribution is 2.40. The van der Waals surface area contributed by atoms with Crippen LogP contribution in [0.15, 0.2) is 83.8 Å². The van der Waals surface area contributed by atoms with Crippen LogP contribution in [0.4, 0.5) is 24.5 Å². The second-order valence-corrected chi connectivity index (χ2v) is 13.0. The van der Waals surface area contributed by atoms with Gasteiger partial charge in [0, 0.05) is 59.5 Å². The summed E-state index contributed by atoms with van der Waals surface area (Å²) >= 11 is 0. The van der Waals surface area contributed by atoms with E-state index in [-0.39, 0.29) is 29.2 Å². The number of nitrogens with two attached hydrogens (primary N) is 1. The van der Waals surface area contributed by atoms with Crippen LogP contribution in [0, 0.1) is 5.92 Å². The monoisotopic (exact) mass is 654 g/mol. The molecule has 0 unspecified atom stereocenters. The van der Waals surface area contributed by atoms with Gasteiger partial charge in [0.2, 0.25) is 5.91 Å². The van der Waals surface area contributed by atoms with Gasteiger partial charge in [-0.1, -0.05) is 18.2 Å². The number of nitrogens with one attached hydrogen (secondary N) is 1.